The molecule has 2 aromatic rings. The fourth-order valence-electron chi connectivity index (χ4n) is 2.69. The molecule has 0 radical (unpaired) electrons. The van der Waals surface area contributed by atoms with Gasteiger partial charge in [-0.1, -0.05) is 0 Å². The highest BCUT2D eigenvalue weighted by atomic mass is 32.1. The highest BCUT2D eigenvalue weighted by molar-refractivity contribution is 7.09. The first-order valence-electron chi connectivity index (χ1n) is 7.72. The van der Waals surface area contributed by atoms with Gasteiger partial charge < -0.3 is 9.64 Å². The monoisotopic (exact) mass is 331 g/mol. The Morgan fingerprint density at radius 2 is 1.91 bits per heavy atom. The molecule has 0 bridgehead atoms. The number of ether oxygens (including phenoxy) is 1. The highest BCUT2D eigenvalue weighted by Gasteiger charge is 2.19. The first-order valence-corrected chi connectivity index (χ1v) is 8.60. The van der Waals surface area contributed by atoms with Crippen LogP contribution in [0.2, 0.25) is 0 Å². The van der Waals surface area contributed by atoms with E-state index >= 15 is 0 Å². The van der Waals surface area contributed by atoms with E-state index in [1.54, 1.807) is 25.4 Å². The van der Waals surface area contributed by atoms with Gasteiger partial charge >= 0.3 is 0 Å². The number of hydrogen-bond donors (Lipinski definition) is 0. The van der Waals surface area contributed by atoms with Crippen molar-refractivity contribution in [3.8, 4) is 17.0 Å². The molecule has 1 aliphatic rings. The number of amides is 1. The lowest BCUT2D eigenvalue weighted by atomic mass is 10.2. The number of methoxy groups -OCH3 is 1. The Bertz CT molecular complexity index is 661. The number of hydrogen-bond acceptors (Lipinski definition) is 5. The van der Waals surface area contributed by atoms with E-state index in [1.165, 1.54) is 0 Å². The van der Waals surface area contributed by atoms with Gasteiger partial charge in [0.25, 0.3) is 0 Å². The van der Waals surface area contributed by atoms with E-state index in [0.717, 1.165) is 54.7 Å². The summed E-state index contributed by atoms with van der Waals surface area (Å²) >= 11 is 1.69. The van der Waals surface area contributed by atoms with Crippen molar-refractivity contribution < 1.29 is 9.53 Å². The third-order valence-corrected chi connectivity index (χ3v) is 4.95. The number of nitrogens with zero attached hydrogens (tertiary/aromatic N) is 3. The summed E-state index contributed by atoms with van der Waals surface area (Å²) in [5.74, 6) is 1.02. The van der Waals surface area contributed by atoms with Crippen molar-refractivity contribution >= 4 is 17.2 Å². The Balaban J connectivity index is 1.60. The molecule has 1 aromatic heterocycles. The van der Waals surface area contributed by atoms with Crippen LogP contribution in [-0.2, 0) is 11.3 Å². The number of aromatic nitrogens is 1. The van der Waals surface area contributed by atoms with Crippen LogP contribution >= 0.6 is 11.3 Å². The van der Waals surface area contributed by atoms with Crippen LogP contribution in [0.1, 0.15) is 11.9 Å². The lowest BCUT2D eigenvalue weighted by molar-refractivity contribution is -0.130. The van der Waals surface area contributed by atoms with Crippen LogP contribution in [0, 0.1) is 0 Å². The highest BCUT2D eigenvalue weighted by Crippen LogP contribution is 2.25. The van der Waals surface area contributed by atoms with Gasteiger partial charge in [0.15, 0.2) is 0 Å². The minimum Gasteiger partial charge on any atom is -0.497 e. The summed E-state index contributed by atoms with van der Waals surface area (Å²) in [6.07, 6.45) is 0. The molecule has 0 saturated carbocycles. The predicted molar refractivity (Wildman–Crippen MR) is 91.6 cm³/mol. The molecule has 1 aromatic carbocycles. The van der Waals surface area contributed by atoms with E-state index in [1.807, 2.05) is 29.2 Å². The summed E-state index contributed by atoms with van der Waals surface area (Å²) in [7, 11) is 1.67. The lowest BCUT2D eigenvalue weighted by Gasteiger charge is -2.33. The molecular weight excluding hydrogens is 310 g/mol. The largest absolute Gasteiger partial charge is 0.497 e. The van der Waals surface area contributed by atoms with Crippen LogP contribution in [0.5, 0.6) is 5.75 Å². The Kier molecular flexibility index (Phi) is 4.93. The van der Waals surface area contributed by atoms with E-state index in [-0.39, 0.29) is 5.91 Å². The first-order chi connectivity index (χ1) is 11.2. The van der Waals surface area contributed by atoms with E-state index < -0.39 is 0 Å². The molecule has 122 valence electrons. The van der Waals surface area contributed by atoms with Crippen molar-refractivity contribution in [2.75, 3.05) is 33.3 Å². The average Bonchev–Trinajstić information content (AvgIpc) is 3.04. The minimum atomic E-state index is 0.167. The summed E-state index contributed by atoms with van der Waals surface area (Å²) in [6.45, 7) is 5.94. The van der Waals surface area contributed by atoms with Crippen LogP contribution in [-0.4, -0.2) is 54.0 Å². The zero-order valence-electron chi connectivity index (χ0n) is 13.5. The van der Waals surface area contributed by atoms with Crippen molar-refractivity contribution in [2.45, 2.75) is 13.5 Å². The van der Waals surface area contributed by atoms with E-state index in [2.05, 4.69) is 10.3 Å². The quantitative estimate of drug-likeness (QED) is 0.863. The predicted octanol–water partition coefficient (Wildman–Crippen LogP) is 2.48. The molecule has 1 fully saturated rings. The van der Waals surface area contributed by atoms with Gasteiger partial charge in [0, 0.05) is 44.0 Å². The molecule has 1 amide bonds. The molecule has 3 rings (SSSR count). The lowest BCUT2D eigenvalue weighted by Crippen LogP contribution is -2.47. The Morgan fingerprint density at radius 1 is 1.22 bits per heavy atom. The first kappa shape index (κ1) is 16.0. The Hall–Kier alpha value is -1.92. The Morgan fingerprint density at radius 3 is 2.52 bits per heavy atom. The molecule has 0 aliphatic carbocycles. The number of thiazole rings is 1. The van der Waals surface area contributed by atoms with Gasteiger partial charge in [-0.25, -0.2) is 4.98 Å². The Labute approximate surface area is 140 Å². The summed E-state index contributed by atoms with van der Waals surface area (Å²) in [5, 5.41) is 3.22. The summed E-state index contributed by atoms with van der Waals surface area (Å²) in [6, 6.07) is 7.97. The van der Waals surface area contributed by atoms with E-state index in [4.69, 9.17) is 9.72 Å². The molecular formula is C17H21N3O2S. The number of carbonyl (C=O) groups excluding carboxylic acids is 1. The van der Waals surface area contributed by atoms with Gasteiger partial charge in [0.1, 0.15) is 10.8 Å². The van der Waals surface area contributed by atoms with Gasteiger partial charge in [-0.15, -0.1) is 11.3 Å². The molecule has 0 N–H and O–H groups in total. The maximum Gasteiger partial charge on any atom is 0.219 e. The zero-order valence-corrected chi connectivity index (χ0v) is 14.3. The van der Waals surface area contributed by atoms with E-state index in [0.29, 0.717) is 0 Å². The van der Waals surface area contributed by atoms with Crippen LogP contribution in [0.15, 0.2) is 29.6 Å². The molecule has 5 nitrogen and oxygen atoms in total. The van der Waals surface area contributed by atoms with Crippen molar-refractivity contribution in [3.63, 3.8) is 0 Å². The maximum absolute atomic E-state index is 11.4. The number of carbonyl (C=O) groups is 1. The third-order valence-electron chi connectivity index (χ3n) is 4.11. The second-order valence-electron chi connectivity index (χ2n) is 5.64. The normalized spacial score (nSPS) is 15.7. The number of rotatable bonds is 4. The second-order valence-corrected chi connectivity index (χ2v) is 6.58. The molecule has 1 saturated heterocycles. The molecule has 23 heavy (non-hydrogen) atoms. The van der Waals surface area contributed by atoms with Crippen molar-refractivity contribution in [2.24, 2.45) is 0 Å². The van der Waals surface area contributed by atoms with Gasteiger partial charge in [-0.2, -0.15) is 0 Å². The van der Waals surface area contributed by atoms with Crippen LogP contribution in [0.3, 0.4) is 0 Å². The molecule has 6 heteroatoms. The zero-order chi connectivity index (χ0) is 16.2. The standard InChI is InChI=1S/C17H21N3O2S/c1-13(21)20-9-7-19(8-10-20)11-17-18-16(12-23-17)14-3-5-15(22-2)6-4-14/h3-6,12H,7-11H2,1-2H3. The van der Waals surface area contributed by atoms with Crippen molar-refractivity contribution in [3.05, 3.63) is 34.7 Å². The van der Waals surface area contributed by atoms with Crippen LogP contribution < -0.4 is 4.74 Å². The van der Waals surface area contributed by atoms with Crippen molar-refractivity contribution in [1.29, 1.82) is 0 Å². The third kappa shape index (κ3) is 3.89. The fraction of sp³-hybridized carbons (Fsp3) is 0.412. The minimum absolute atomic E-state index is 0.167. The van der Waals surface area contributed by atoms with Gasteiger partial charge in [-0.3, -0.25) is 9.69 Å². The number of benzene rings is 1. The van der Waals surface area contributed by atoms with Crippen molar-refractivity contribution in [1.82, 2.24) is 14.8 Å². The van der Waals surface area contributed by atoms with Gasteiger partial charge in [-0.05, 0) is 24.3 Å². The number of piperazine rings is 1. The molecule has 0 atom stereocenters. The molecule has 2 heterocycles. The smallest absolute Gasteiger partial charge is 0.219 e. The molecule has 1 aliphatic heterocycles. The summed E-state index contributed by atoms with van der Waals surface area (Å²) in [4.78, 5) is 20.4. The summed E-state index contributed by atoms with van der Waals surface area (Å²) < 4.78 is 5.18. The van der Waals surface area contributed by atoms with Crippen LogP contribution in [0.25, 0.3) is 11.3 Å². The summed E-state index contributed by atoms with van der Waals surface area (Å²) in [5.41, 5.74) is 2.12. The van der Waals surface area contributed by atoms with Gasteiger partial charge in [0.2, 0.25) is 5.91 Å². The fourth-order valence-corrected chi connectivity index (χ4v) is 3.53. The van der Waals surface area contributed by atoms with Gasteiger partial charge in [0.05, 0.1) is 19.3 Å². The SMILES string of the molecule is COc1ccc(-c2csc(CN3CCN(C(C)=O)CC3)n2)cc1. The maximum atomic E-state index is 11.4. The topological polar surface area (TPSA) is 45.7 Å². The van der Waals surface area contributed by atoms with E-state index in [9.17, 15) is 4.79 Å². The molecule has 0 unspecified atom stereocenters. The van der Waals surface area contributed by atoms with Crippen LogP contribution in [0.4, 0.5) is 0 Å². The average molecular weight is 331 g/mol. The second kappa shape index (κ2) is 7.10. The molecule has 0 spiro atoms.